The molecule has 3 saturated carbocycles. The van der Waals surface area contributed by atoms with Crippen molar-refractivity contribution in [3.8, 4) is 0 Å². The molecule has 0 aromatic heterocycles. The molecule has 1 amide bonds. The molecule has 0 atom stereocenters. The lowest BCUT2D eigenvalue weighted by atomic mass is 9.68. The molecule has 0 heterocycles. The minimum absolute atomic E-state index is 0.0187. The topological polar surface area (TPSA) is 20.3 Å². The van der Waals surface area contributed by atoms with Gasteiger partial charge in [0.25, 0.3) is 0 Å². The van der Waals surface area contributed by atoms with Crippen molar-refractivity contribution < 1.29 is 9.18 Å². The number of amides is 1. The van der Waals surface area contributed by atoms with Crippen molar-refractivity contribution in [1.29, 1.82) is 0 Å². The van der Waals surface area contributed by atoms with Crippen LogP contribution in [-0.4, -0.2) is 23.9 Å². The lowest BCUT2D eigenvalue weighted by Crippen LogP contribution is -2.39. The Morgan fingerprint density at radius 3 is 2.05 bits per heavy atom. The van der Waals surface area contributed by atoms with Crippen LogP contribution in [0.4, 0.5) is 4.39 Å². The predicted octanol–water partition coefficient (Wildman–Crippen LogP) is 9.55. The van der Waals surface area contributed by atoms with Gasteiger partial charge in [0.05, 0.1) is 0 Å². The smallest absolute Gasteiger partial charge is 0.248 e. The molecule has 0 bridgehead atoms. The third kappa shape index (κ3) is 7.27. The molecule has 3 heteroatoms. The quantitative estimate of drug-likeness (QED) is 0.240. The van der Waals surface area contributed by atoms with Crippen LogP contribution in [0.5, 0.6) is 0 Å². The van der Waals surface area contributed by atoms with Crippen molar-refractivity contribution in [2.45, 2.75) is 134 Å². The summed E-state index contributed by atoms with van der Waals surface area (Å²) in [5.41, 5.74) is 2.71. The highest BCUT2D eigenvalue weighted by Gasteiger charge is 2.32. The minimum Gasteiger partial charge on any atom is -0.339 e. The second-order valence-electron chi connectivity index (χ2n) is 12.9. The van der Waals surface area contributed by atoms with E-state index in [2.05, 4.69) is 25.6 Å². The normalized spacial score (nSPS) is 30.6. The van der Waals surface area contributed by atoms with Crippen LogP contribution in [-0.2, 0) is 4.79 Å². The Bertz CT molecular complexity index is 885. The molecule has 0 radical (unpaired) electrons. The zero-order chi connectivity index (χ0) is 26.4. The first-order valence-electron chi connectivity index (χ1n) is 15.6. The molecular formula is C34H52FNO. The average molecular weight is 510 g/mol. The summed E-state index contributed by atoms with van der Waals surface area (Å²) in [4.78, 5) is 14.1. The van der Waals surface area contributed by atoms with Gasteiger partial charge < -0.3 is 4.90 Å². The largest absolute Gasteiger partial charge is 0.339 e. The number of hydrogen-bond donors (Lipinski definition) is 0. The number of rotatable bonds is 9. The van der Waals surface area contributed by atoms with E-state index in [-0.39, 0.29) is 17.8 Å². The Labute approximate surface area is 226 Å². The molecule has 0 unspecified atom stereocenters. The maximum atomic E-state index is 15.3. The third-order valence-corrected chi connectivity index (χ3v) is 10.4. The second-order valence-corrected chi connectivity index (χ2v) is 12.9. The Kier molecular flexibility index (Phi) is 10.3. The summed E-state index contributed by atoms with van der Waals surface area (Å²) in [6.07, 6.45) is 20.3. The summed E-state index contributed by atoms with van der Waals surface area (Å²) >= 11 is 0. The van der Waals surface area contributed by atoms with Gasteiger partial charge in [0, 0.05) is 18.7 Å². The van der Waals surface area contributed by atoms with Gasteiger partial charge in [-0.15, -0.1) is 0 Å². The van der Waals surface area contributed by atoms with E-state index in [1.807, 2.05) is 18.0 Å². The summed E-state index contributed by atoms with van der Waals surface area (Å²) in [5.74, 6) is 3.65. The standard InChI is InChI=1S/C34H52FNO/c1-5-6-7-8-25-9-11-26(12-10-25)27-13-15-29(16-14-27)32-22-19-30(23-33(32)35)28-17-20-31(21-18-28)36(4)34(37)24(2)3/h19,22-23,25-29,31H,2,5-18,20-21H2,1,3-4H3. The van der Waals surface area contributed by atoms with Gasteiger partial charge in [-0.25, -0.2) is 4.39 Å². The van der Waals surface area contributed by atoms with Crippen molar-refractivity contribution in [1.82, 2.24) is 4.90 Å². The van der Waals surface area contributed by atoms with Crippen LogP contribution in [0.25, 0.3) is 0 Å². The SMILES string of the molecule is C=C(C)C(=O)N(C)C1CCC(c2ccc(C3CCC(C4CCC(CCCCC)CC4)CC3)c(F)c2)CC1. The fraction of sp³-hybridized carbons (Fsp3) is 0.735. The van der Waals surface area contributed by atoms with Gasteiger partial charge in [-0.3, -0.25) is 4.79 Å². The lowest BCUT2D eigenvalue weighted by Gasteiger charge is -2.38. The molecule has 0 spiro atoms. The lowest BCUT2D eigenvalue weighted by molar-refractivity contribution is -0.128. The summed E-state index contributed by atoms with van der Waals surface area (Å²) in [6.45, 7) is 7.88. The van der Waals surface area contributed by atoms with Crippen molar-refractivity contribution >= 4 is 5.91 Å². The average Bonchev–Trinajstić information content (AvgIpc) is 2.93. The molecular weight excluding hydrogens is 457 g/mol. The van der Waals surface area contributed by atoms with Gasteiger partial charge in [-0.2, -0.15) is 0 Å². The molecule has 206 valence electrons. The Balaban J connectivity index is 1.24. The van der Waals surface area contributed by atoms with Crippen molar-refractivity contribution in [3.63, 3.8) is 0 Å². The first kappa shape index (κ1) is 28.4. The molecule has 1 aromatic rings. The highest BCUT2D eigenvalue weighted by atomic mass is 19.1. The fourth-order valence-corrected chi connectivity index (χ4v) is 7.92. The van der Waals surface area contributed by atoms with E-state index in [1.54, 1.807) is 6.92 Å². The first-order chi connectivity index (χ1) is 17.9. The summed E-state index contributed by atoms with van der Waals surface area (Å²) in [6, 6.07) is 6.43. The molecule has 1 aromatic carbocycles. The van der Waals surface area contributed by atoms with Crippen LogP contribution < -0.4 is 0 Å². The highest BCUT2D eigenvalue weighted by molar-refractivity contribution is 5.92. The molecule has 0 aliphatic heterocycles. The molecule has 0 saturated heterocycles. The second kappa shape index (κ2) is 13.4. The van der Waals surface area contributed by atoms with Gasteiger partial charge in [0.1, 0.15) is 5.82 Å². The molecule has 37 heavy (non-hydrogen) atoms. The minimum atomic E-state index is 0.0187. The van der Waals surface area contributed by atoms with E-state index in [9.17, 15) is 4.79 Å². The molecule has 2 nitrogen and oxygen atoms in total. The van der Waals surface area contributed by atoms with Crippen LogP contribution in [0, 0.1) is 23.6 Å². The Hall–Kier alpha value is -1.64. The van der Waals surface area contributed by atoms with Crippen LogP contribution in [0.15, 0.2) is 30.4 Å². The Morgan fingerprint density at radius 2 is 1.49 bits per heavy atom. The van der Waals surface area contributed by atoms with E-state index in [1.165, 1.54) is 64.2 Å². The van der Waals surface area contributed by atoms with Gasteiger partial charge in [-0.1, -0.05) is 64.2 Å². The highest BCUT2D eigenvalue weighted by Crippen LogP contribution is 2.45. The van der Waals surface area contributed by atoms with Crippen LogP contribution in [0.1, 0.15) is 140 Å². The van der Waals surface area contributed by atoms with E-state index >= 15 is 4.39 Å². The van der Waals surface area contributed by atoms with Crippen molar-refractivity contribution in [2.24, 2.45) is 17.8 Å². The molecule has 3 fully saturated rings. The van der Waals surface area contributed by atoms with Crippen molar-refractivity contribution in [2.75, 3.05) is 7.05 Å². The molecule has 3 aliphatic rings. The number of nitrogens with zero attached hydrogens (tertiary/aromatic N) is 1. The number of benzene rings is 1. The van der Waals surface area contributed by atoms with E-state index in [0.29, 0.717) is 17.4 Å². The maximum Gasteiger partial charge on any atom is 0.248 e. The molecule has 4 rings (SSSR count). The number of likely N-dealkylation sites (N-methyl/N-ethyl adjacent to an activating group) is 1. The first-order valence-corrected chi connectivity index (χ1v) is 15.6. The number of halogens is 1. The van der Waals surface area contributed by atoms with Gasteiger partial charge in [0.15, 0.2) is 0 Å². The zero-order valence-corrected chi connectivity index (χ0v) is 24.0. The predicted molar refractivity (Wildman–Crippen MR) is 153 cm³/mol. The van der Waals surface area contributed by atoms with Crippen LogP contribution in [0.2, 0.25) is 0 Å². The summed E-state index contributed by atoms with van der Waals surface area (Å²) in [5, 5.41) is 0. The molecule has 3 aliphatic carbocycles. The van der Waals surface area contributed by atoms with Gasteiger partial charge in [0.2, 0.25) is 5.91 Å². The number of carbonyl (C=O) groups excluding carboxylic acids is 1. The fourth-order valence-electron chi connectivity index (χ4n) is 7.92. The summed E-state index contributed by atoms with van der Waals surface area (Å²) in [7, 11) is 1.89. The van der Waals surface area contributed by atoms with Crippen LogP contribution >= 0.6 is 0 Å². The van der Waals surface area contributed by atoms with Gasteiger partial charge in [-0.05, 0) is 118 Å². The Morgan fingerprint density at radius 1 is 0.892 bits per heavy atom. The maximum absolute atomic E-state index is 15.3. The van der Waals surface area contributed by atoms with Crippen molar-refractivity contribution in [3.05, 3.63) is 47.3 Å². The van der Waals surface area contributed by atoms with E-state index in [4.69, 9.17) is 0 Å². The van der Waals surface area contributed by atoms with Gasteiger partial charge >= 0.3 is 0 Å². The third-order valence-electron chi connectivity index (χ3n) is 10.4. The molecule has 0 N–H and O–H groups in total. The zero-order valence-electron chi connectivity index (χ0n) is 24.0. The van der Waals surface area contributed by atoms with Crippen LogP contribution in [0.3, 0.4) is 0 Å². The number of hydrogen-bond acceptors (Lipinski definition) is 1. The monoisotopic (exact) mass is 509 g/mol. The number of unbranched alkanes of at least 4 members (excludes halogenated alkanes) is 2. The number of carbonyl (C=O) groups is 1. The van der Waals surface area contributed by atoms with E-state index in [0.717, 1.165) is 67.4 Å². The van der Waals surface area contributed by atoms with E-state index < -0.39 is 0 Å². The summed E-state index contributed by atoms with van der Waals surface area (Å²) < 4.78 is 15.3.